The molecule has 2 nitrogen and oxygen atoms in total. The number of fused-ring (bicyclic) bond motifs is 1. The van der Waals surface area contributed by atoms with Gasteiger partial charge in [0, 0.05) is 17.1 Å². The predicted molar refractivity (Wildman–Crippen MR) is 88.9 cm³/mol. The van der Waals surface area contributed by atoms with Crippen molar-refractivity contribution in [1.29, 1.82) is 0 Å². The number of pyridine rings is 1. The van der Waals surface area contributed by atoms with Gasteiger partial charge in [-0.05, 0) is 73.9 Å². The Balaban J connectivity index is 1.78. The van der Waals surface area contributed by atoms with E-state index in [4.69, 9.17) is 5.73 Å². The molecule has 110 valence electrons. The second-order valence-corrected chi connectivity index (χ2v) is 7.10. The summed E-state index contributed by atoms with van der Waals surface area (Å²) in [6.45, 7) is 4.16. The SMILES string of the molecule is Cc1cc(CC(C)N)cnc1Sc1ccc2c(c1)CCC2. The van der Waals surface area contributed by atoms with E-state index < -0.39 is 0 Å². The highest BCUT2D eigenvalue weighted by Crippen LogP contribution is 2.32. The van der Waals surface area contributed by atoms with Crippen LogP contribution in [0.5, 0.6) is 0 Å². The third-order valence-corrected chi connectivity index (χ3v) is 5.04. The quantitative estimate of drug-likeness (QED) is 0.930. The number of nitrogens with two attached hydrogens (primary N) is 1. The Morgan fingerprint density at radius 3 is 2.81 bits per heavy atom. The van der Waals surface area contributed by atoms with Crippen molar-refractivity contribution in [3.05, 3.63) is 52.7 Å². The van der Waals surface area contributed by atoms with Gasteiger partial charge in [-0.2, -0.15) is 0 Å². The molecular weight excluding hydrogens is 276 g/mol. The Kier molecular flexibility index (Phi) is 4.32. The predicted octanol–water partition coefficient (Wildman–Crippen LogP) is 3.92. The van der Waals surface area contributed by atoms with E-state index in [0.29, 0.717) is 0 Å². The van der Waals surface area contributed by atoms with Gasteiger partial charge in [0.25, 0.3) is 0 Å². The van der Waals surface area contributed by atoms with Crippen molar-refractivity contribution in [2.45, 2.75) is 55.5 Å². The summed E-state index contributed by atoms with van der Waals surface area (Å²) < 4.78 is 0. The van der Waals surface area contributed by atoms with Gasteiger partial charge in [-0.15, -0.1) is 0 Å². The average molecular weight is 298 g/mol. The molecule has 2 aromatic rings. The summed E-state index contributed by atoms with van der Waals surface area (Å²) in [5.41, 5.74) is 11.4. The van der Waals surface area contributed by atoms with Crippen molar-refractivity contribution in [2.75, 3.05) is 0 Å². The Bertz CT molecular complexity index is 650. The maximum absolute atomic E-state index is 5.86. The fourth-order valence-electron chi connectivity index (χ4n) is 2.93. The van der Waals surface area contributed by atoms with Gasteiger partial charge < -0.3 is 5.73 Å². The van der Waals surface area contributed by atoms with Crippen molar-refractivity contribution in [2.24, 2.45) is 5.73 Å². The molecule has 0 amide bonds. The smallest absolute Gasteiger partial charge is 0.104 e. The molecule has 0 saturated carbocycles. The minimum absolute atomic E-state index is 0.182. The van der Waals surface area contributed by atoms with Crippen LogP contribution in [0.25, 0.3) is 0 Å². The third-order valence-electron chi connectivity index (χ3n) is 3.93. The zero-order chi connectivity index (χ0) is 14.8. The highest BCUT2D eigenvalue weighted by molar-refractivity contribution is 7.99. The minimum Gasteiger partial charge on any atom is -0.328 e. The van der Waals surface area contributed by atoms with Crippen molar-refractivity contribution in [1.82, 2.24) is 4.98 Å². The number of rotatable bonds is 4. The second kappa shape index (κ2) is 6.20. The minimum atomic E-state index is 0.182. The molecule has 0 fully saturated rings. The zero-order valence-corrected chi connectivity index (χ0v) is 13.5. The standard InChI is InChI=1S/C18H22N2S/c1-12-8-14(9-13(2)19)11-20-18(12)21-17-7-6-15-4-3-5-16(15)10-17/h6-8,10-11,13H,3-5,9,19H2,1-2H3. The van der Waals surface area contributed by atoms with Crippen molar-refractivity contribution < 1.29 is 0 Å². The van der Waals surface area contributed by atoms with Crippen LogP contribution in [0.15, 0.2) is 40.4 Å². The van der Waals surface area contributed by atoms with Crippen LogP contribution in [0, 0.1) is 6.92 Å². The largest absolute Gasteiger partial charge is 0.328 e. The van der Waals surface area contributed by atoms with E-state index in [1.54, 1.807) is 11.8 Å². The maximum atomic E-state index is 5.86. The first-order valence-electron chi connectivity index (χ1n) is 7.62. The Hall–Kier alpha value is -1.32. The van der Waals surface area contributed by atoms with Gasteiger partial charge in [-0.3, -0.25) is 0 Å². The molecule has 1 aliphatic carbocycles. The number of benzene rings is 1. The topological polar surface area (TPSA) is 38.9 Å². The van der Waals surface area contributed by atoms with Gasteiger partial charge in [0.2, 0.25) is 0 Å². The Morgan fingerprint density at radius 2 is 2.05 bits per heavy atom. The van der Waals surface area contributed by atoms with E-state index in [9.17, 15) is 0 Å². The summed E-state index contributed by atoms with van der Waals surface area (Å²) >= 11 is 1.77. The summed E-state index contributed by atoms with van der Waals surface area (Å²) in [7, 11) is 0. The van der Waals surface area contributed by atoms with Crippen LogP contribution < -0.4 is 5.73 Å². The van der Waals surface area contributed by atoms with Gasteiger partial charge in [-0.1, -0.05) is 23.9 Å². The van der Waals surface area contributed by atoms with Gasteiger partial charge in [-0.25, -0.2) is 4.98 Å². The Morgan fingerprint density at radius 1 is 1.24 bits per heavy atom. The first kappa shape index (κ1) is 14.6. The molecule has 0 aliphatic heterocycles. The van der Waals surface area contributed by atoms with E-state index in [0.717, 1.165) is 11.4 Å². The molecular formula is C18H22N2S. The molecule has 0 radical (unpaired) electrons. The highest BCUT2D eigenvalue weighted by Gasteiger charge is 2.12. The maximum Gasteiger partial charge on any atom is 0.104 e. The molecule has 3 rings (SSSR count). The first-order valence-corrected chi connectivity index (χ1v) is 8.44. The van der Waals surface area contributed by atoms with Crippen LogP contribution in [-0.4, -0.2) is 11.0 Å². The fourth-order valence-corrected chi connectivity index (χ4v) is 3.82. The van der Waals surface area contributed by atoms with Gasteiger partial charge in [0.05, 0.1) is 0 Å². The lowest BCUT2D eigenvalue weighted by molar-refractivity contribution is 0.733. The third kappa shape index (κ3) is 3.47. The summed E-state index contributed by atoms with van der Waals surface area (Å²) in [5.74, 6) is 0. The lowest BCUT2D eigenvalue weighted by atomic mass is 10.1. The second-order valence-electron chi connectivity index (χ2n) is 6.03. The fraction of sp³-hybridized carbons (Fsp3) is 0.389. The Labute approximate surface area is 131 Å². The number of aromatic nitrogens is 1. The van der Waals surface area contributed by atoms with Crippen LogP contribution >= 0.6 is 11.8 Å². The van der Waals surface area contributed by atoms with Gasteiger partial charge in [0.15, 0.2) is 0 Å². The van der Waals surface area contributed by atoms with Gasteiger partial charge >= 0.3 is 0 Å². The lowest BCUT2D eigenvalue weighted by Gasteiger charge is -2.10. The number of hydrogen-bond acceptors (Lipinski definition) is 3. The molecule has 1 aromatic carbocycles. The number of nitrogens with zero attached hydrogens (tertiary/aromatic N) is 1. The van der Waals surface area contributed by atoms with Crippen molar-refractivity contribution in [3.8, 4) is 0 Å². The molecule has 1 aliphatic rings. The van der Waals surface area contributed by atoms with Crippen LogP contribution in [0.2, 0.25) is 0 Å². The molecule has 0 spiro atoms. The van der Waals surface area contributed by atoms with E-state index in [2.05, 4.69) is 36.2 Å². The molecule has 1 heterocycles. The first-order chi connectivity index (χ1) is 10.1. The molecule has 1 aromatic heterocycles. The van der Waals surface area contributed by atoms with Crippen LogP contribution in [0.4, 0.5) is 0 Å². The van der Waals surface area contributed by atoms with Crippen molar-refractivity contribution >= 4 is 11.8 Å². The number of hydrogen-bond donors (Lipinski definition) is 1. The van der Waals surface area contributed by atoms with Crippen molar-refractivity contribution in [3.63, 3.8) is 0 Å². The molecule has 3 heteroatoms. The monoisotopic (exact) mass is 298 g/mol. The zero-order valence-electron chi connectivity index (χ0n) is 12.7. The van der Waals surface area contributed by atoms with E-state index >= 15 is 0 Å². The normalized spacial score (nSPS) is 15.0. The highest BCUT2D eigenvalue weighted by atomic mass is 32.2. The molecule has 0 bridgehead atoms. The lowest BCUT2D eigenvalue weighted by Crippen LogP contribution is -2.17. The summed E-state index contributed by atoms with van der Waals surface area (Å²) in [6.07, 6.45) is 6.61. The van der Waals surface area contributed by atoms with Crippen LogP contribution in [-0.2, 0) is 19.3 Å². The molecule has 1 atom stereocenters. The van der Waals surface area contributed by atoms with E-state index in [1.807, 2.05) is 13.1 Å². The molecule has 0 saturated heterocycles. The average Bonchev–Trinajstić information content (AvgIpc) is 2.88. The summed E-state index contributed by atoms with van der Waals surface area (Å²) in [6, 6.07) is 9.24. The molecule has 1 unspecified atom stereocenters. The summed E-state index contributed by atoms with van der Waals surface area (Å²) in [4.78, 5) is 5.92. The number of aryl methyl sites for hydroxylation is 3. The van der Waals surface area contributed by atoms with Crippen LogP contribution in [0.3, 0.4) is 0 Å². The van der Waals surface area contributed by atoms with E-state index in [1.165, 1.54) is 46.4 Å². The molecule has 2 N–H and O–H groups in total. The van der Waals surface area contributed by atoms with Gasteiger partial charge in [0.1, 0.15) is 5.03 Å². The van der Waals surface area contributed by atoms with Crippen LogP contribution in [0.1, 0.15) is 35.6 Å². The summed E-state index contributed by atoms with van der Waals surface area (Å²) in [5, 5.41) is 1.10. The molecule has 21 heavy (non-hydrogen) atoms. The van der Waals surface area contributed by atoms with E-state index in [-0.39, 0.29) is 6.04 Å².